The van der Waals surface area contributed by atoms with Crippen LogP contribution in [0.1, 0.15) is 44.6 Å². The summed E-state index contributed by atoms with van der Waals surface area (Å²) in [7, 11) is 0. The summed E-state index contributed by atoms with van der Waals surface area (Å²) in [5.41, 5.74) is 1.16. The Labute approximate surface area is 110 Å². The lowest BCUT2D eigenvalue weighted by molar-refractivity contribution is -0.134. The lowest BCUT2D eigenvalue weighted by atomic mass is 9.87. The number of benzene rings is 1. The standard InChI is InChI=1S/C16H23NO/c1-13(2)15(14-9-5-3-6-10-14)16(18)17-11-7-4-8-12-17/h3,5-6,9-10,13,15H,4,7-8,11-12H2,1-2H3/t15-/m0/s1. The minimum absolute atomic E-state index is 0.0179. The summed E-state index contributed by atoms with van der Waals surface area (Å²) in [5.74, 6) is 0.682. The van der Waals surface area contributed by atoms with E-state index in [0.717, 1.165) is 31.5 Å². The number of hydrogen-bond donors (Lipinski definition) is 0. The molecule has 98 valence electrons. The normalized spacial score (nSPS) is 17.8. The maximum absolute atomic E-state index is 12.7. The molecule has 0 aromatic heterocycles. The van der Waals surface area contributed by atoms with Crippen LogP contribution < -0.4 is 0 Å². The third kappa shape index (κ3) is 2.92. The number of piperidine rings is 1. The molecule has 2 heteroatoms. The molecule has 1 heterocycles. The molecule has 1 fully saturated rings. The molecule has 0 radical (unpaired) electrons. The lowest BCUT2D eigenvalue weighted by Crippen LogP contribution is -2.40. The maximum atomic E-state index is 12.7. The fraction of sp³-hybridized carbons (Fsp3) is 0.562. The fourth-order valence-corrected chi connectivity index (χ4v) is 2.78. The molecule has 1 amide bonds. The molecule has 0 N–H and O–H groups in total. The number of amides is 1. The molecule has 2 rings (SSSR count). The maximum Gasteiger partial charge on any atom is 0.230 e. The van der Waals surface area contributed by atoms with Gasteiger partial charge in [-0.05, 0) is 30.7 Å². The van der Waals surface area contributed by atoms with Gasteiger partial charge in [-0.1, -0.05) is 44.2 Å². The molecule has 1 aromatic rings. The number of rotatable bonds is 3. The van der Waals surface area contributed by atoms with Crippen LogP contribution in [-0.4, -0.2) is 23.9 Å². The molecule has 0 bridgehead atoms. The topological polar surface area (TPSA) is 20.3 Å². The van der Waals surface area contributed by atoms with Crippen molar-refractivity contribution in [3.8, 4) is 0 Å². The highest BCUT2D eigenvalue weighted by Crippen LogP contribution is 2.27. The highest BCUT2D eigenvalue weighted by atomic mass is 16.2. The number of hydrogen-bond acceptors (Lipinski definition) is 1. The van der Waals surface area contributed by atoms with Crippen LogP contribution in [0, 0.1) is 5.92 Å². The zero-order valence-electron chi connectivity index (χ0n) is 11.4. The average Bonchev–Trinajstić information content (AvgIpc) is 2.40. The van der Waals surface area contributed by atoms with Crippen LogP contribution in [0.5, 0.6) is 0 Å². The van der Waals surface area contributed by atoms with E-state index >= 15 is 0 Å². The second-order valence-electron chi connectivity index (χ2n) is 5.52. The van der Waals surface area contributed by atoms with E-state index in [2.05, 4.69) is 30.9 Å². The molecule has 18 heavy (non-hydrogen) atoms. The molecular weight excluding hydrogens is 222 g/mol. The van der Waals surface area contributed by atoms with Crippen molar-refractivity contribution in [1.82, 2.24) is 4.90 Å². The number of nitrogens with zero attached hydrogens (tertiary/aromatic N) is 1. The number of carbonyl (C=O) groups excluding carboxylic acids is 1. The Bertz CT molecular complexity index is 379. The highest BCUT2D eigenvalue weighted by Gasteiger charge is 2.28. The SMILES string of the molecule is CC(C)[C@H](C(=O)N1CCCCC1)c1ccccc1. The zero-order chi connectivity index (χ0) is 13.0. The Hall–Kier alpha value is -1.31. The minimum atomic E-state index is 0.0179. The van der Waals surface area contributed by atoms with E-state index in [-0.39, 0.29) is 5.92 Å². The lowest BCUT2D eigenvalue weighted by Gasteiger charge is -2.32. The van der Waals surface area contributed by atoms with E-state index in [4.69, 9.17) is 0 Å². The van der Waals surface area contributed by atoms with E-state index in [0.29, 0.717) is 11.8 Å². The summed E-state index contributed by atoms with van der Waals surface area (Å²) in [6.45, 7) is 6.16. The summed E-state index contributed by atoms with van der Waals surface area (Å²) >= 11 is 0. The van der Waals surface area contributed by atoms with Gasteiger partial charge in [0.15, 0.2) is 0 Å². The molecule has 0 saturated carbocycles. The van der Waals surface area contributed by atoms with Gasteiger partial charge < -0.3 is 4.90 Å². The van der Waals surface area contributed by atoms with Crippen LogP contribution in [0.2, 0.25) is 0 Å². The van der Waals surface area contributed by atoms with Crippen molar-refractivity contribution in [2.24, 2.45) is 5.92 Å². The summed E-state index contributed by atoms with van der Waals surface area (Å²) in [6.07, 6.45) is 3.58. The van der Waals surface area contributed by atoms with Crippen molar-refractivity contribution in [2.75, 3.05) is 13.1 Å². The van der Waals surface area contributed by atoms with Crippen LogP contribution in [-0.2, 0) is 4.79 Å². The van der Waals surface area contributed by atoms with Gasteiger partial charge >= 0.3 is 0 Å². The summed E-state index contributed by atoms with van der Waals surface area (Å²) < 4.78 is 0. The van der Waals surface area contributed by atoms with Gasteiger partial charge in [-0.3, -0.25) is 4.79 Å². The Morgan fingerprint density at radius 3 is 2.22 bits per heavy atom. The van der Waals surface area contributed by atoms with Crippen molar-refractivity contribution in [3.63, 3.8) is 0 Å². The third-order valence-electron chi connectivity index (χ3n) is 3.76. The van der Waals surface area contributed by atoms with Crippen LogP contribution in [0.25, 0.3) is 0 Å². The Kier molecular flexibility index (Phi) is 4.40. The van der Waals surface area contributed by atoms with E-state index in [1.165, 1.54) is 6.42 Å². The van der Waals surface area contributed by atoms with Crippen molar-refractivity contribution in [2.45, 2.75) is 39.0 Å². The smallest absolute Gasteiger partial charge is 0.230 e. The minimum Gasteiger partial charge on any atom is -0.342 e. The van der Waals surface area contributed by atoms with Crippen molar-refractivity contribution < 1.29 is 4.79 Å². The van der Waals surface area contributed by atoms with E-state index in [9.17, 15) is 4.79 Å². The van der Waals surface area contributed by atoms with Crippen LogP contribution in [0.4, 0.5) is 0 Å². The number of likely N-dealkylation sites (tertiary alicyclic amines) is 1. The molecule has 1 aromatic carbocycles. The predicted octanol–water partition coefficient (Wildman–Crippen LogP) is 3.44. The van der Waals surface area contributed by atoms with Crippen LogP contribution >= 0.6 is 0 Å². The zero-order valence-corrected chi connectivity index (χ0v) is 11.4. The first-order valence-electron chi connectivity index (χ1n) is 7.04. The first-order valence-corrected chi connectivity index (χ1v) is 7.04. The van der Waals surface area contributed by atoms with Gasteiger partial charge in [0.1, 0.15) is 0 Å². The molecule has 0 unspecified atom stereocenters. The van der Waals surface area contributed by atoms with Gasteiger partial charge in [-0.2, -0.15) is 0 Å². The van der Waals surface area contributed by atoms with Gasteiger partial charge in [0.2, 0.25) is 5.91 Å². The Morgan fingerprint density at radius 2 is 1.67 bits per heavy atom. The number of carbonyl (C=O) groups is 1. The van der Waals surface area contributed by atoms with Crippen molar-refractivity contribution in [3.05, 3.63) is 35.9 Å². The largest absolute Gasteiger partial charge is 0.342 e. The van der Waals surface area contributed by atoms with Gasteiger partial charge in [0.05, 0.1) is 5.92 Å². The summed E-state index contributed by atoms with van der Waals surface area (Å²) in [4.78, 5) is 14.7. The van der Waals surface area contributed by atoms with Gasteiger partial charge in [-0.25, -0.2) is 0 Å². The molecule has 1 aliphatic rings. The first kappa shape index (κ1) is 13.1. The second-order valence-corrected chi connectivity index (χ2v) is 5.52. The van der Waals surface area contributed by atoms with Gasteiger partial charge in [-0.15, -0.1) is 0 Å². The second kappa shape index (κ2) is 6.03. The molecule has 1 aliphatic heterocycles. The molecule has 0 spiro atoms. The fourth-order valence-electron chi connectivity index (χ4n) is 2.78. The molecule has 0 aliphatic carbocycles. The molecule has 2 nitrogen and oxygen atoms in total. The quantitative estimate of drug-likeness (QED) is 0.799. The van der Waals surface area contributed by atoms with Crippen LogP contribution in [0.15, 0.2) is 30.3 Å². The molecule has 1 saturated heterocycles. The Balaban J connectivity index is 2.17. The van der Waals surface area contributed by atoms with E-state index < -0.39 is 0 Å². The predicted molar refractivity (Wildman–Crippen MR) is 74.5 cm³/mol. The van der Waals surface area contributed by atoms with Crippen molar-refractivity contribution in [1.29, 1.82) is 0 Å². The monoisotopic (exact) mass is 245 g/mol. The van der Waals surface area contributed by atoms with E-state index in [1.807, 2.05) is 18.2 Å². The van der Waals surface area contributed by atoms with Gasteiger partial charge in [0.25, 0.3) is 0 Å². The molecule has 1 atom stereocenters. The molecular formula is C16H23NO. The Morgan fingerprint density at radius 1 is 1.06 bits per heavy atom. The van der Waals surface area contributed by atoms with Crippen molar-refractivity contribution >= 4 is 5.91 Å². The highest BCUT2D eigenvalue weighted by molar-refractivity contribution is 5.84. The van der Waals surface area contributed by atoms with E-state index in [1.54, 1.807) is 0 Å². The average molecular weight is 245 g/mol. The van der Waals surface area contributed by atoms with Gasteiger partial charge in [0, 0.05) is 13.1 Å². The summed E-state index contributed by atoms with van der Waals surface area (Å²) in [6, 6.07) is 10.2. The summed E-state index contributed by atoms with van der Waals surface area (Å²) in [5, 5.41) is 0. The first-order chi connectivity index (χ1) is 8.70. The third-order valence-corrected chi connectivity index (χ3v) is 3.76. The van der Waals surface area contributed by atoms with Crippen LogP contribution in [0.3, 0.4) is 0 Å².